The van der Waals surface area contributed by atoms with E-state index in [1.807, 2.05) is 12.1 Å². The summed E-state index contributed by atoms with van der Waals surface area (Å²) in [4.78, 5) is 16.1. The summed E-state index contributed by atoms with van der Waals surface area (Å²) in [5.74, 6) is 1.42. The van der Waals surface area contributed by atoms with Crippen LogP contribution in [0.1, 0.15) is 24.8 Å². The van der Waals surface area contributed by atoms with Crippen molar-refractivity contribution in [2.24, 2.45) is 11.7 Å². The molecule has 4 rings (SSSR count). The first-order chi connectivity index (χ1) is 11.1. The predicted molar refractivity (Wildman–Crippen MR) is 90.2 cm³/mol. The molecule has 3 aliphatic rings. The molecule has 3 fully saturated rings. The van der Waals surface area contributed by atoms with Gasteiger partial charge in [-0.3, -0.25) is 14.6 Å². The Balaban J connectivity index is 1.60. The summed E-state index contributed by atoms with van der Waals surface area (Å²) in [6.07, 6.45) is 3.01. The number of fused-ring (bicyclic) bond motifs is 4. The smallest absolute Gasteiger partial charge is 0.218 e. The van der Waals surface area contributed by atoms with E-state index in [4.69, 9.17) is 10.5 Å². The van der Waals surface area contributed by atoms with Crippen molar-refractivity contribution < 1.29 is 9.53 Å². The lowest BCUT2D eigenvalue weighted by molar-refractivity contribution is -0.118. The largest absolute Gasteiger partial charge is 0.497 e. The van der Waals surface area contributed by atoms with E-state index in [0.717, 1.165) is 38.5 Å². The fraction of sp³-hybridized carbons (Fsp3) is 0.611. The Morgan fingerprint density at radius 1 is 1.22 bits per heavy atom. The summed E-state index contributed by atoms with van der Waals surface area (Å²) in [6, 6.07) is 8.92. The van der Waals surface area contributed by atoms with Gasteiger partial charge in [-0.2, -0.15) is 0 Å². The molecule has 2 N–H and O–H groups in total. The van der Waals surface area contributed by atoms with Crippen molar-refractivity contribution in [2.45, 2.75) is 31.8 Å². The summed E-state index contributed by atoms with van der Waals surface area (Å²) in [5, 5.41) is 0. The van der Waals surface area contributed by atoms with Crippen molar-refractivity contribution in [3.63, 3.8) is 0 Å². The number of amides is 1. The van der Waals surface area contributed by atoms with Crippen molar-refractivity contribution in [3.8, 4) is 5.75 Å². The number of piperidine rings is 1. The summed E-state index contributed by atoms with van der Waals surface area (Å²) in [6.45, 7) is 5.14. The first-order valence-corrected chi connectivity index (χ1v) is 8.51. The number of carbonyl (C=O) groups excluding carboxylic acids is 1. The highest BCUT2D eigenvalue weighted by molar-refractivity contribution is 5.73. The fourth-order valence-electron chi connectivity index (χ4n) is 3.92. The second-order valence-corrected chi connectivity index (χ2v) is 6.85. The average molecular weight is 317 g/mol. The number of nitrogens with zero attached hydrogens (tertiary/aromatic N) is 2. The van der Waals surface area contributed by atoms with Crippen LogP contribution in [0.2, 0.25) is 0 Å². The molecule has 0 unspecified atom stereocenters. The van der Waals surface area contributed by atoms with E-state index in [-0.39, 0.29) is 5.91 Å². The number of methoxy groups -OCH3 is 1. The third-order valence-corrected chi connectivity index (χ3v) is 5.11. The van der Waals surface area contributed by atoms with Crippen LogP contribution in [-0.2, 0) is 11.3 Å². The van der Waals surface area contributed by atoms with E-state index in [1.165, 1.54) is 18.4 Å². The molecule has 23 heavy (non-hydrogen) atoms. The summed E-state index contributed by atoms with van der Waals surface area (Å²) >= 11 is 0. The quantitative estimate of drug-likeness (QED) is 0.863. The van der Waals surface area contributed by atoms with E-state index in [2.05, 4.69) is 21.9 Å². The minimum atomic E-state index is -0.194. The van der Waals surface area contributed by atoms with Crippen LogP contribution >= 0.6 is 0 Å². The lowest BCUT2D eigenvalue weighted by Gasteiger charge is -2.35. The highest BCUT2D eigenvalue weighted by atomic mass is 16.5. The van der Waals surface area contributed by atoms with Crippen LogP contribution in [0.25, 0.3) is 0 Å². The zero-order chi connectivity index (χ0) is 16.2. The molecule has 2 bridgehead atoms. The topological polar surface area (TPSA) is 58.8 Å². The normalized spacial score (nSPS) is 25.3. The Bertz CT molecular complexity index is 532. The second-order valence-electron chi connectivity index (χ2n) is 6.85. The number of primary amides is 1. The lowest BCUT2D eigenvalue weighted by atomic mass is 9.95. The molecule has 5 heteroatoms. The third-order valence-electron chi connectivity index (χ3n) is 5.11. The highest BCUT2D eigenvalue weighted by Gasteiger charge is 2.34. The molecular weight excluding hydrogens is 290 g/mol. The molecule has 0 radical (unpaired) electrons. The van der Waals surface area contributed by atoms with Gasteiger partial charge >= 0.3 is 0 Å². The third kappa shape index (κ3) is 4.24. The number of benzene rings is 1. The number of hydrogen-bond acceptors (Lipinski definition) is 4. The van der Waals surface area contributed by atoms with Crippen LogP contribution in [0.3, 0.4) is 0 Å². The van der Waals surface area contributed by atoms with E-state index in [9.17, 15) is 4.79 Å². The van der Waals surface area contributed by atoms with E-state index < -0.39 is 0 Å². The van der Waals surface area contributed by atoms with Crippen molar-refractivity contribution >= 4 is 5.91 Å². The number of nitrogens with two attached hydrogens (primary N) is 1. The first-order valence-electron chi connectivity index (χ1n) is 8.51. The van der Waals surface area contributed by atoms with Crippen LogP contribution in [0.4, 0.5) is 0 Å². The molecule has 0 aromatic heterocycles. The van der Waals surface area contributed by atoms with Crippen LogP contribution in [0.5, 0.6) is 5.75 Å². The minimum absolute atomic E-state index is 0.194. The standard InChI is InChI=1S/C18H27N3O2/c1-23-17-6-3-14(4-7-17)10-20-11-15-2-5-16(13-20)21(12-15)9-8-18(19)22/h3-4,6-7,15-16H,2,5,8-13H2,1H3,(H2,19,22)/t15-,16+/m0/s1. The zero-order valence-electron chi connectivity index (χ0n) is 13.9. The van der Waals surface area contributed by atoms with Crippen LogP contribution in [-0.4, -0.2) is 55.0 Å². The number of carbonyl (C=O) groups is 1. The van der Waals surface area contributed by atoms with Gasteiger partial charge in [-0.1, -0.05) is 12.1 Å². The Kier molecular flexibility index (Phi) is 5.18. The van der Waals surface area contributed by atoms with E-state index in [1.54, 1.807) is 7.11 Å². The minimum Gasteiger partial charge on any atom is -0.497 e. The van der Waals surface area contributed by atoms with Crippen LogP contribution < -0.4 is 10.5 Å². The molecule has 0 aliphatic carbocycles. The maximum atomic E-state index is 11.1. The number of rotatable bonds is 6. The van der Waals surface area contributed by atoms with Gasteiger partial charge in [0.25, 0.3) is 0 Å². The predicted octanol–water partition coefficient (Wildman–Crippen LogP) is 1.47. The molecule has 126 valence electrons. The van der Waals surface area contributed by atoms with Gasteiger partial charge in [0.1, 0.15) is 5.75 Å². The van der Waals surface area contributed by atoms with Crippen molar-refractivity contribution in [1.82, 2.24) is 9.80 Å². The Morgan fingerprint density at radius 3 is 2.70 bits per heavy atom. The van der Waals surface area contributed by atoms with Gasteiger partial charge in [0.05, 0.1) is 7.11 Å². The van der Waals surface area contributed by atoms with Gasteiger partial charge in [0, 0.05) is 45.2 Å². The van der Waals surface area contributed by atoms with Crippen LogP contribution in [0.15, 0.2) is 24.3 Å². The Morgan fingerprint density at radius 2 is 2.00 bits per heavy atom. The van der Waals surface area contributed by atoms with Gasteiger partial charge in [0.2, 0.25) is 5.91 Å². The molecule has 2 atom stereocenters. The zero-order valence-corrected chi connectivity index (χ0v) is 13.9. The molecule has 5 nitrogen and oxygen atoms in total. The molecule has 3 aliphatic heterocycles. The molecule has 1 amide bonds. The number of hydrogen-bond donors (Lipinski definition) is 1. The Hall–Kier alpha value is -1.59. The SMILES string of the molecule is COc1ccc(CN2C[C@@H]3CC[C@H](C2)N(CCC(N)=O)C3)cc1. The van der Waals surface area contributed by atoms with Gasteiger partial charge in [-0.05, 0) is 36.5 Å². The van der Waals surface area contributed by atoms with Gasteiger partial charge in [-0.25, -0.2) is 0 Å². The van der Waals surface area contributed by atoms with E-state index in [0.29, 0.717) is 18.4 Å². The lowest BCUT2D eigenvalue weighted by Crippen LogP contribution is -2.45. The average Bonchev–Trinajstić information content (AvgIpc) is 2.84. The second kappa shape index (κ2) is 7.32. The summed E-state index contributed by atoms with van der Waals surface area (Å²) in [5.41, 5.74) is 6.64. The van der Waals surface area contributed by atoms with Gasteiger partial charge in [0.15, 0.2) is 0 Å². The van der Waals surface area contributed by atoms with Gasteiger partial charge in [-0.15, -0.1) is 0 Å². The molecule has 3 heterocycles. The van der Waals surface area contributed by atoms with Crippen molar-refractivity contribution in [3.05, 3.63) is 29.8 Å². The molecule has 1 aromatic carbocycles. The highest BCUT2D eigenvalue weighted by Crippen LogP contribution is 2.29. The monoisotopic (exact) mass is 317 g/mol. The first kappa shape index (κ1) is 16.3. The summed E-state index contributed by atoms with van der Waals surface area (Å²) < 4.78 is 5.23. The molecule has 3 saturated heterocycles. The summed E-state index contributed by atoms with van der Waals surface area (Å²) in [7, 11) is 1.70. The molecule has 0 saturated carbocycles. The maximum Gasteiger partial charge on any atom is 0.218 e. The van der Waals surface area contributed by atoms with Crippen molar-refractivity contribution in [2.75, 3.05) is 33.3 Å². The van der Waals surface area contributed by atoms with E-state index >= 15 is 0 Å². The van der Waals surface area contributed by atoms with Crippen molar-refractivity contribution in [1.29, 1.82) is 0 Å². The van der Waals surface area contributed by atoms with Crippen LogP contribution in [0, 0.1) is 5.92 Å². The maximum absolute atomic E-state index is 11.1. The number of ether oxygens (including phenoxy) is 1. The fourth-order valence-corrected chi connectivity index (χ4v) is 3.92. The molecule has 1 aromatic rings. The molecule has 0 spiro atoms. The van der Waals surface area contributed by atoms with Gasteiger partial charge < -0.3 is 10.5 Å². The Labute approximate surface area is 138 Å². The molecular formula is C18H27N3O2.